The highest BCUT2D eigenvalue weighted by Gasteiger charge is 2.32. The van der Waals surface area contributed by atoms with E-state index in [2.05, 4.69) is 5.32 Å². The summed E-state index contributed by atoms with van der Waals surface area (Å²) in [5, 5.41) is 2.82. The summed E-state index contributed by atoms with van der Waals surface area (Å²) in [5.41, 5.74) is 2.09. The second kappa shape index (κ2) is 7.22. The third kappa shape index (κ3) is 3.32. The third-order valence-electron chi connectivity index (χ3n) is 5.25. The van der Waals surface area contributed by atoms with E-state index in [1.807, 2.05) is 13.0 Å². The van der Waals surface area contributed by atoms with E-state index < -0.39 is 11.6 Å². The molecule has 2 aliphatic rings. The number of hydrogen-bond acceptors (Lipinski definition) is 3. The SMILES string of the molecule is C[C@H]1CC(=O)Nc2ccccc2N1C(=O)CN1CCCc2cc(F)cc(F)c21. The van der Waals surface area contributed by atoms with Crippen LogP contribution in [0.2, 0.25) is 0 Å². The molecule has 0 fully saturated rings. The van der Waals surface area contributed by atoms with Gasteiger partial charge in [0, 0.05) is 25.1 Å². The molecule has 2 aromatic carbocycles. The fourth-order valence-electron chi connectivity index (χ4n) is 4.10. The van der Waals surface area contributed by atoms with Crippen LogP contribution < -0.4 is 15.1 Å². The van der Waals surface area contributed by atoms with Crippen LogP contribution in [0.15, 0.2) is 36.4 Å². The molecule has 1 N–H and O–H groups in total. The first-order chi connectivity index (χ1) is 13.4. The number of carbonyl (C=O) groups excluding carboxylic acids is 2. The van der Waals surface area contributed by atoms with Crippen molar-refractivity contribution >= 4 is 28.9 Å². The molecule has 7 heteroatoms. The Morgan fingerprint density at radius 3 is 2.86 bits per heavy atom. The van der Waals surface area contributed by atoms with Gasteiger partial charge in [0.05, 0.1) is 23.6 Å². The topological polar surface area (TPSA) is 52.7 Å². The zero-order chi connectivity index (χ0) is 19.8. The van der Waals surface area contributed by atoms with Crippen LogP contribution in [0.3, 0.4) is 0 Å². The minimum atomic E-state index is -0.649. The molecule has 2 aliphatic heterocycles. The van der Waals surface area contributed by atoms with Crippen molar-refractivity contribution in [1.82, 2.24) is 0 Å². The largest absolute Gasteiger partial charge is 0.360 e. The zero-order valence-electron chi connectivity index (χ0n) is 15.5. The molecular formula is C21H21F2N3O2. The Morgan fingerprint density at radius 2 is 2.04 bits per heavy atom. The van der Waals surface area contributed by atoms with Crippen LogP contribution in [0.5, 0.6) is 0 Å². The molecule has 146 valence electrons. The van der Waals surface area contributed by atoms with E-state index in [1.54, 1.807) is 28.0 Å². The van der Waals surface area contributed by atoms with Crippen LogP contribution >= 0.6 is 0 Å². The first-order valence-corrected chi connectivity index (χ1v) is 9.38. The van der Waals surface area contributed by atoms with Gasteiger partial charge in [0.1, 0.15) is 11.6 Å². The highest BCUT2D eigenvalue weighted by molar-refractivity contribution is 6.05. The summed E-state index contributed by atoms with van der Waals surface area (Å²) in [4.78, 5) is 28.6. The van der Waals surface area contributed by atoms with E-state index in [0.29, 0.717) is 35.6 Å². The number of carbonyl (C=O) groups is 2. The molecular weight excluding hydrogens is 364 g/mol. The third-order valence-corrected chi connectivity index (χ3v) is 5.25. The lowest BCUT2D eigenvalue weighted by Gasteiger charge is -2.34. The number of rotatable bonds is 2. The number of aryl methyl sites for hydroxylation is 1. The molecule has 2 heterocycles. The summed E-state index contributed by atoms with van der Waals surface area (Å²) in [6.45, 7) is 2.30. The Kier molecular flexibility index (Phi) is 4.75. The fourth-order valence-corrected chi connectivity index (χ4v) is 4.10. The Hall–Kier alpha value is -2.96. The average molecular weight is 385 g/mol. The molecule has 1 atom stereocenters. The van der Waals surface area contributed by atoms with Gasteiger partial charge in [0.15, 0.2) is 0 Å². The lowest BCUT2D eigenvalue weighted by atomic mass is 10.0. The van der Waals surface area contributed by atoms with Gasteiger partial charge in [-0.05, 0) is 43.5 Å². The number of benzene rings is 2. The van der Waals surface area contributed by atoms with Gasteiger partial charge in [-0.3, -0.25) is 9.59 Å². The second-order valence-corrected chi connectivity index (χ2v) is 7.30. The molecule has 28 heavy (non-hydrogen) atoms. The molecule has 5 nitrogen and oxygen atoms in total. The van der Waals surface area contributed by atoms with E-state index in [9.17, 15) is 18.4 Å². The maximum absolute atomic E-state index is 14.4. The molecule has 2 aromatic rings. The van der Waals surface area contributed by atoms with Crippen molar-refractivity contribution in [2.45, 2.75) is 32.2 Å². The van der Waals surface area contributed by atoms with Crippen LogP contribution in [-0.4, -0.2) is 30.9 Å². The highest BCUT2D eigenvalue weighted by atomic mass is 19.1. The predicted octanol–water partition coefficient (Wildman–Crippen LogP) is 3.48. The van der Waals surface area contributed by atoms with E-state index in [0.717, 1.165) is 12.5 Å². The number of halogens is 2. The molecule has 0 spiro atoms. The van der Waals surface area contributed by atoms with Gasteiger partial charge in [-0.1, -0.05) is 12.1 Å². The number of nitrogens with zero attached hydrogens (tertiary/aromatic N) is 2. The Bertz CT molecular complexity index is 947. The lowest BCUT2D eigenvalue weighted by molar-refractivity contribution is -0.118. The molecule has 2 amide bonds. The first-order valence-electron chi connectivity index (χ1n) is 9.38. The average Bonchev–Trinajstić information content (AvgIpc) is 2.75. The van der Waals surface area contributed by atoms with Gasteiger partial charge >= 0.3 is 0 Å². The molecule has 0 aliphatic carbocycles. The number of hydrogen-bond donors (Lipinski definition) is 1. The van der Waals surface area contributed by atoms with Crippen molar-refractivity contribution in [2.75, 3.05) is 28.2 Å². The van der Waals surface area contributed by atoms with Crippen LogP contribution in [0.1, 0.15) is 25.3 Å². The monoisotopic (exact) mass is 385 g/mol. The molecule has 4 rings (SSSR count). The van der Waals surface area contributed by atoms with Crippen molar-refractivity contribution in [3.05, 3.63) is 53.6 Å². The number of amides is 2. The maximum atomic E-state index is 14.4. The molecule has 0 saturated heterocycles. The number of para-hydroxylation sites is 2. The van der Waals surface area contributed by atoms with Crippen molar-refractivity contribution in [3.63, 3.8) is 0 Å². The zero-order valence-corrected chi connectivity index (χ0v) is 15.5. The van der Waals surface area contributed by atoms with Crippen LogP contribution in [-0.2, 0) is 16.0 Å². The van der Waals surface area contributed by atoms with Crippen molar-refractivity contribution in [3.8, 4) is 0 Å². The van der Waals surface area contributed by atoms with Gasteiger partial charge in [0.2, 0.25) is 11.8 Å². The second-order valence-electron chi connectivity index (χ2n) is 7.30. The van der Waals surface area contributed by atoms with Crippen LogP contribution in [0.25, 0.3) is 0 Å². The van der Waals surface area contributed by atoms with Gasteiger partial charge in [0.25, 0.3) is 0 Å². The summed E-state index contributed by atoms with van der Waals surface area (Å²) >= 11 is 0. The summed E-state index contributed by atoms with van der Waals surface area (Å²) in [7, 11) is 0. The van der Waals surface area contributed by atoms with Gasteiger partial charge in [-0.25, -0.2) is 8.78 Å². The van der Waals surface area contributed by atoms with Crippen molar-refractivity contribution in [2.24, 2.45) is 0 Å². The standard InChI is InChI=1S/C21H21F2N3O2/c1-13-9-19(27)24-17-6-2-3-7-18(17)26(13)20(28)12-25-8-4-5-14-10-15(22)11-16(23)21(14)25/h2-3,6-7,10-11,13H,4-5,8-9,12H2,1H3,(H,24,27)/t13-/m0/s1. The molecule has 0 unspecified atom stereocenters. The van der Waals surface area contributed by atoms with Gasteiger partial charge in [-0.2, -0.15) is 0 Å². The molecule has 0 radical (unpaired) electrons. The summed E-state index contributed by atoms with van der Waals surface area (Å²) in [5.74, 6) is -1.64. The molecule has 0 bridgehead atoms. The smallest absolute Gasteiger partial charge is 0.246 e. The van der Waals surface area contributed by atoms with Gasteiger partial charge in [-0.15, -0.1) is 0 Å². The maximum Gasteiger partial charge on any atom is 0.246 e. The van der Waals surface area contributed by atoms with E-state index in [-0.39, 0.29) is 30.8 Å². The molecule has 0 aromatic heterocycles. The summed E-state index contributed by atoms with van der Waals surface area (Å²) in [6.07, 6.45) is 1.47. The Balaban J connectivity index is 1.66. The summed E-state index contributed by atoms with van der Waals surface area (Å²) in [6, 6.07) is 9.00. The minimum Gasteiger partial charge on any atom is -0.360 e. The normalized spacial score (nSPS) is 18.8. The fraction of sp³-hybridized carbons (Fsp3) is 0.333. The minimum absolute atomic E-state index is 0.0393. The van der Waals surface area contributed by atoms with Crippen LogP contribution in [0, 0.1) is 11.6 Å². The predicted molar refractivity (Wildman–Crippen MR) is 104 cm³/mol. The van der Waals surface area contributed by atoms with Crippen LogP contribution in [0.4, 0.5) is 25.8 Å². The number of fused-ring (bicyclic) bond motifs is 2. The number of anilines is 3. The van der Waals surface area contributed by atoms with Crippen molar-refractivity contribution < 1.29 is 18.4 Å². The Morgan fingerprint density at radius 1 is 1.25 bits per heavy atom. The number of nitrogens with one attached hydrogen (secondary N) is 1. The lowest BCUT2D eigenvalue weighted by Crippen LogP contribution is -2.46. The van der Waals surface area contributed by atoms with Crippen molar-refractivity contribution in [1.29, 1.82) is 0 Å². The molecule has 0 saturated carbocycles. The first kappa shape index (κ1) is 18.4. The quantitative estimate of drug-likeness (QED) is 0.861. The summed E-state index contributed by atoms with van der Waals surface area (Å²) < 4.78 is 28.0. The Labute approximate surface area is 161 Å². The van der Waals surface area contributed by atoms with E-state index in [4.69, 9.17) is 0 Å². The van der Waals surface area contributed by atoms with E-state index >= 15 is 0 Å². The van der Waals surface area contributed by atoms with E-state index in [1.165, 1.54) is 6.07 Å². The highest BCUT2D eigenvalue weighted by Crippen LogP contribution is 2.34. The van der Waals surface area contributed by atoms with Gasteiger partial charge < -0.3 is 15.1 Å².